The zero-order chi connectivity index (χ0) is 18.8. The van der Waals surface area contributed by atoms with Gasteiger partial charge in [-0.2, -0.15) is 13.2 Å². The number of alkyl halides is 3. The molecule has 134 valence electrons. The number of carbonyl (C=O) groups excluding carboxylic acids is 3. The van der Waals surface area contributed by atoms with Crippen LogP contribution in [0.15, 0.2) is 0 Å². The first-order valence-electron chi connectivity index (χ1n) is 6.87. The normalized spacial score (nSPS) is 12.7. The second-order valence-corrected chi connectivity index (χ2v) is 5.34. The number of amides is 1. The number of rotatable bonds is 5. The molecule has 0 saturated carbocycles. The van der Waals surface area contributed by atoms with E-state index in [-0.39, 0.29) is 28.6 Å². The van der Waals surface area contributed by atoms with Crippen molar-refractivity contribution in [2.24, 2.45) is 7.05 Å². The van der Waals surface area contributed by atoms with Crippen molar-refractivity contribution in [2.45, 2.75) is 33.0 Å². The minimum Gasteiger partial charge on any atom is -0.462 e. The van der Waals surface area contributed by atoms with E-state index in [4.69, 9.17) is 16.3 Å². The van der Waals surface area contributed by atoms with Gasteiger partial charge in [0.05, 0.1) is 12.3 Å². The molecule has 1 N–H and O–H groups in total. The maximum Gasteiger partial charge on any atom is 0.408 e. The van der Waals surface area contributed by atoms with E-state index in [1.165, 1.54) is 14.0 Å². The molecule has 0 bridgehead atoms. The fourth-order valence-corrected chi connectivity index (χ4v) is 2.31. The second-order valence-electron chi connectivity index (χ2n) is 4.98. The van der Waals surface area contributed by atoms with Crippen LogP contribution in [0.3, 0.4) is 0 Å². The number of hydrogen-bond acceptors (Lipinski definition) is 4. The van der Waals surface area contributed by atoms with Gasteiger partial charge in [0.2, 0.25) is 0 Å². The number of nitrogens with one attached hydrogen (secondary N) is 1. The van der Waals surface area contributed by atoms with Crippen molar-refractivity contribution < 1.29 is 32.3 Å². The molecule has 1 rings (SSSR count). The summed E-state index contributed by atoms with van der Waals surface area (Å²) in [5, 5.41) is 1.42. The first kappa shape index (κ1) is 20.0. The number of hydrogen-bond donors (Lipinski definition) is 1. The molecule has 6 nitrogen and oxygen atoms in total. The van der Waals surface area contributed by atoms with Crippen LogP contribution in [0, 0.1) is 6.92 Å². The monoisotopic (exact) mass is 368 g/mol. The number of ketones is 1. The lowest BCUT2D eigenvalue weighted by Gasteiger charge is -2.16. The molecule has 0 fully saturated rings. The van der Waals surface area contributed by atoms with Crippen LogP contribution in [0.25, 0.3) is 0 Å². The maximum atomic E-state index is 12.5. The Bertz CT molecular complexity index is 683. The van der Waals surface area contributed by atoms with Gasteiger partial charge in [-0.25, -0.2) is 4.79 Å². The lowest BCUT2D eigenvalue weighted by molar-refractivity contribution is -0.156. The quantitative estimate of drug-likeness (QED) is 0.492. The maximum absolute atomic E-state index is 12.5. The van der Waals surface area contributed by atoms with Crippen LogP contribution in [-0.4, -0.2) is 41.1 Å². The van der Waals surface area contributed by atoms with E-state index >= 15 is 0 Å². The van der Waals surface area contributed by atoms with E-state index < -0.39 is 29.9 Å². The molecule has 1 unspecified atom stereocenters. The van der Waals surface area contributed by atoms with Gasteiger partial charge in [-0.3, -0.25) is 9.59 Å². The second kappa shape index (κ2) is 7.25. The molecule has 0 aliphatic carbocycles. The highest BCUT2D eigenvalue weighted by Gasteiger charge is 2.39. The average molecular weight is 369 g/mol. The van der Waals surface area contributed by atoms with Gasteiger partial charge in [-0.15, -0.1) is 0 Å². The van der Waals surface area contributed by atoms with Crippen LogP contribution in [0.5, 0.6) is 0 Å². The highest BCUT2D eigenvalue weighted by Crippen LogP contribution is 2.27. The molecule has 24 heavy (non-hydrogen) atoms. The minimum atomic E-state index is -4.69. The van der Waals surface area contributed by atoms with Crippen molar-refractivity contribution in [1.82, 2.24) is 9.88 Å². The standard InChI is InChI=1S/C14H16ClF3N2O4/c1-5-24-13(23)8-6(2)9(20(4)11(8)15)10(21)12(22)19-7(3)14(16,17)18/h7H,5H2,1-4H3,(H,19,22). The Morgan fingerprint density at radius 3 is 2.33 bits per heavy atom. The van der Waals surface area contributed by atoms with Crippen LogP contribution >= 0.6 is 11.6 Å². The van der Waals surface area contributed by atoms with Crippen molar-refractivity contribution in [3.8, 4) is 0 Å². The Morgan fingerprint density at radius 2 is 1.88 bits per heavy atom. The van der Waals surface area contributed by atoms with Gasteiger partial charge in [-0.1, -0.05) is 11.6 Å². The summed E-state index contributed by atoms with van der Waals surface area (Å²) >= 11 is 5.98. The van der Waals surface area contributed by atoms with Crippen LogP contribution in [0.1, 0.15) is 40.3 Å². The van der Waals surface area contributed by atoms with Crippen molar-refractivity contribution in [3.63, 3.8) is 0 Å². The number of esters is 1. The third-order valence-corrected chi connectivity index (χ3v) is 3.75. The van der Waals surface area contributed by atoms with Gasteiger partial charge in [0, 0.05) is 7.05 Å². The van der Waals surface area contributed by atoms with Crippen molar-refractivity contribution in [2.75, 3.05) is 6.61 Å². The number of halogens is 4. The van der Waals surface area contributed by atoms with E-state index in [9.17, 15) is 27.6 Å². The van der Waals surface area contributed by atoms with Gasteiger partial charge in [-0.05, 0) is 26.3 Å². The van der Waals surface area contributed by atoms with Crippen LogP contribution in [0.4, 0.5) is 13.2 Å². The molecule has 0 aliphatic rings. The van der Waals surface area contributed by atoms with Gasteiger partial charge in [0.15, 0.2) is 0 Å². The molecule has 0 spiro atoms. The summed E-state index contributed by atoms with van der Waals surface area (Å²) in [4.78, 5) is 35.8. The van der Waals surface area contributed by atoms with Crippen LogP contribution in [-0.2, 0) is 16.6 Å². The summed E-state index contributed by atoms with van der Waals surface area (Å²) in [6, 6.07) is -2.20. The molecule has 1 atom stereocenters. The Kier molecular flexibility index (Phi) is 6.04. The molecule has 1 aromatic rings. The summed E-state index contributed by atoms with van der Waals surface area (Å²) in [7, 11) is 1.31. The Morgan fingerprint density at radius 1 is 1.33 bits per heavy atom. The summed E-state index contributed by atoms with van der Waals surface area (Å²) in [5.41, 5.74) is -0.336. The molecule has 0 aromatic carbocycles. The molecule has 1 amide bonds. The molecule has 0 aliphatic heterocycles. The first-order chi connectivity index (χ1) is 10.9. The van der Waals surface area contributed by atoms with Crippen molar-refractivity contribution in [3.05, 3.63) is 22.0 Å². The molecule has 10 heteroatoms. The van der Waals surface area contributed by atoms with Gasteiger partial charge in [0.25, 0.3) is 11.7 Å². The Labute approximate surface area is 140 Å². The van der Waals surface area contributed by atoms with E-state index in [1.807, 2.05) is 0 Å². The van der Waals surface area contributed by atoms with E-state index in [0.717, 1.165) is 4.57 Å². The molecular weight excluding hydrogens is 353 g/mol. The van der Waals surface area contributed by atoms with Crippen molar-refractivity contribution in [1.29, 1.82) is 0 Å². The van der Waals surface area contributed by atoms with E-state index in [2.05, 4.69) is 0 Å². The summed E-state index contributed by atoms with van der Waals surface area (Å²) in [5.74, 6) is -3.47. The molecule has 1 aromatic heterocycles. The van der Waals surface area contributed by atoms with Gasteiger partial charge in [0.1, 0.15) is 16.8 Å². The fraction of sp³-hybridized carbons (Fsp3) is 0.500. The first-order valence-corrected chi connectivity index (χ1v) is 7.25. The molecular formula is C14H16ClF3N2O4. The predicted molar refractivity (Wildman–Crippen MR) is 79.1 cm³/mol. The number of ether oxygens (including phenoxy) is 1. The topological polar surface area (TPSA) is 77.4 Å². The lowest BCUT2D eigenvalue weighted by atomic mass is 10.1. The van der Waals surface area contributed by atoms with Crippen LogP contribution < -0.4 is 5.32 Å². The molecule has 0 saturated heterocycles. The van der Waals surface area contributed by atoms with E-state index in [1.54, 1.807) is 12.2 Å². The largest absolute Gasteiger partial charge is 0.462 e. The SMILES string of the molecule is CCOC(=O)c1c(C)c(C(=O)C(=O)NC(C)C(F)(F)F)n(C)c1Cl. The smallest absolute Gasteiger partial charge is 0.408 e. The third kappa shape index (κ3) is 3.89. The highest BCUT2D eigenvalue weighted by molar-refractivity contribution is 6.44. The third-order valence-electron chi connectivity index (χ3n) is 3.31. The number of Topliss-reactive ketones (excluding diaryl/α,β-unsaturated/α-hetero) is 1. The number of aromatic nitrogens is 1. The average Bonchev–Trinajstić information content (AvgIpc) is 2.67. The minimum absolute atomic E-state index is 0.0563. The zero-order valence-electron chi connectivity index (χ0n) is 13.4. The Hall–Kier alpha value is -2.03. The Balaban J connectivity index is 3.19. The van der Waals surface area contributed by atoms with Gasteiger partial charge >= 0.3 is 12.1 Å². The summed E-state index contributed by atoms with van der Waals surface area (Å²) in [6.07, 6.45) is -4.69. The lowest BCUT2D eigenvalue weighted by Crippen LogP contribution is -2.46. The predicted octanol–water partition coefficient (Wildman–Crippen LogP) is 2.41. The highest BCUT2D eigenvalue weighted by atomic mass is 35.5. The van der Waals surface area contributed by atoms with E-state index in [0.29, 0.717) is 6.92 Å². The number of carbonyl (C=O) groups is 3. The fourth-order valence-electron chi connectivity index (χ4n) is 2.01. The summed E-state index contributed by atoms with van der Waals surface area (Å²) in [6.45, 7) is 3.70. The number of nitrogens with zero attached hydrogens (tertiary/aromatic N) is 1. The summed E-state index contributed by atoms with van der Waals surface area (Å²) < 4.78 is 43.3. The molecule has 1 heterocycles. The van der Waals surface area contributed by atoms with Crippen LogP contribution in [0.2, 0.25) is 5.15 Å². The molecule has 0 radical (unpaired) electrons. The van der Waals surface area contributed by atoms with Gasteiger partial charge < -0.3 is 14.6 Å². The van der Waals surface area contributed by atoms with Crippen molar-refractivity contribution >= 4 is 29.3 Å². The zero-order valence-corrected chi connectivity index (χ0v) is 14.1.